The van der Waals surface area contributed by atoms with E-state index in [0.717, 1.165) is 13.2 Å². The van der Waals surface area contributed by atoms with Crippen molar-refractivity contribution in [3.05, 3.63) is 0 Å². The minimum Gasteiger partial charge on any atom is -0.385 e. The van der Waals surface area contributed by atoms with E-state index in [-0.39, 0.29) is 0 Å². The van der Waals surface area contributed by atoms with Gasteiger partial charge < -0.3 is 10.1 Å². The molecule has 0 aromatic carbocycles. The summed E-state index contributed by atoms with van der Waals surface area (Å²) in [5.41, 5.74) is 0.346. The third kappa shape index (κ3) is 4.23. The number of methoxy groups -OCH3 is 1. The van der Waals surface area contributed by atoms with Crippen molar-refractivity contribution in [1.82, 2.24) is 10.2 Å². The van der Waals surface area contributed by atoms with Gasteiger partial charge in [-0.1, -0.05) is 13.8 Å². The number of nitrogens with one attached hydrogen (secondary N) is 1. The molecular weight excluding hydrogens is 212 g/mol. The van der Waals surface area contributed by atoms with E-state index in [1.807, 2.05) is 0 Å². The summed E-state index contributed by atoms with van der Waals surface area (Å²) in [4.78, 5) is 2.69. The van der Waals surface area contributed by atoms with E-state index in [1.165, 1.54) is 38.8 Å². The Morgan fingerprint density at radius 1 is 1.35 bits per heavy atom. The van der Waals surface area contributed by atoms with Gasteiger partial charge in [0.1, 0.15) is 0 Å². The van der Waals surface area contributed by atoms with Crippen LogP contribution in [0.5, 0.6) is 0 Å². The molecule has 0 bridgehead atoms. The highest BCUT2D eigenvalue weighted by molar-refractivity contribution is 4.94. The highest BCUT2D eigenvalue weighted by atomic mass is 16.5. The number of piperazine rings is 1. The van der Waals surface area contributed by atoms with Crippen molar-refractivity contribution >= 4 is 0 Å². The van der Waals surface area contributed by atoms with Crippen LogP contribution < -0.4 is 5.32 Å². The maximum Gasteiger partial charge on any atom is 0.0462 e. The molecule has 3 nitrogen and oxygen atoms in total. The van der Waals surface area contributed by atoms with Crippen LogP contribution in [0.1, 0.15) is 46.5 Å². The topological polar surface area (TPSA) is 24.5 Å². The molecule has 2 unspecified atom stereocenters. The number of ether oxygens (including phenoxy) is 1. The summed E-state index contributed by atoms with van der Waals surface area (Å²) < 4.78 is 5.12. The average Bonchev–Trinajstić information content (AvgIpc) is 2.36. The Morgan fingerprint density at radius 2 is 2.12 bits per heavy atom. The molecule has 0 amide bonds. The van der Waals surface area contributed by atoms with Gasteiger partial charge in [-0.15, -0.1) is 0 Å². The summed E-state index contributed by atoms with van der Waals surface area (Å²) in [7, 11) is 1.79. The lowest BCUT2D eigenvalue weighted by molar-refractivity contribution is 0.0447. The van der Waals surface area contributed by atoms with Gasteiger partial charge in [0.2, 0.25) is 0 Å². The number of hydrogen-bond acceptors (Lipinski definition) is 3. The molecule has 0 aromatic heterocycles. The number of nitrogens with zero attached hydrogens (tertiary/aromatic N) is 1. The first-order valence-corrected chi connectivity index (χ1v) is 7.13. The van der Waals surface area contributed by atoms with Crippen molar-refractivity contribution in [1.29, 1.82) is 0 Å². The van der Waals surface area contributed by atoms with Crippen molar-refractivity contribution < 1.29 is 4.74 Å². The molecule has 1 N–H and O–H groups in total. The van der Waals surface area contributed by atoms with E-state index >= 15 is 0 Å². The lowest BCUT2D eigenvalue weighted by atomic mass is 9.91. The third-order valence-corrected chi connectivity index (χ3v) is 4.26. The summed E-state index contributed by atoms with van der Waals surface area (Å²) in [6.45, 7) is 11.4. The second kappa shape index (κ2) is 7.34. The van der Waals surface area contributed by atoms with Gasteiger partial charge >= 0.3 is 0 Å². The van der Waals surface area contributed by atoms with Crippen LogP contribution in [0.15, 0.2) is 0 Å². The number of unbranched alkanes of at least 4 members (excludes halogenated alkanes) is 1. The molecule has 1 saturated heterocycles. The van der Waals surface area contributed by atoms with Crippen LogP contribution in [0.25, 0.3) is 0 Å². The Bertz CT molecular complexity index is 210. The largest absolute Gasteiger partial charge is 0.385 e. The van der Waals surface area contributed by atoms with Gasteiger partial charge in [0, 0.05) is 38.4 Å². The zero-order valence-electron chi connectivity index (χ0n) is 12.1. The quantitative estimate of drug-likeness (QED) is 0.693. The summed E-state index contributed by atoms with van der Waals surface area (Å²) in [6, 6.07) is 0.678. The Hall–Kier alpha value is -0.120. The monoisotopic (exact) mass is 242 g/mol. The predicted octanol–water partition coefficient (Wildman–Crippen LogP) is 2.27. The molecule has 2 atom stereocenters. The maximum atomic E-state index is 5.12. The van der Waals surface area contributed by atoms with E-state index in [2.05, 4.69) is 31.0 Å². The highest BCUT2D eigenvalue weighted by Crippen LogP contribution is 2.23. The van der Waals surface area contributed by atoms with Crippen molar-refractivity contribution in [2.24, 2.45) is 0 Å². The summed E-state index contributed by atoms with van der Waals surface area (Å²) in [6.07, 6.45) is 4.88. The first kappa shape index (κ1) is 14.9. The van der Waals surface area contributed by atoms with Crippen molar-refractivity contribution in [3.63, 3.8) is 0 Å². The average molecular weight is 242 g/mol. The first-order valence-electron chi connectivity index (χ1n) is 7.13. The minimum atomic E-state index is 0.346. The Morgan fingerprint density at radius 3 is 2.71 bits per heavy atom. The van der Waals surface area contributed by atoms with Gasteiger partial charge in [0.05, 0.1) is 0 Å². The molecule has 0 aliphatic carbocycles. The summed E-state index contributed by atoms with van der Waals surface area (Å²) in [5.74, 6) is 0. The van der Waals surface area contributed by atoms with Crippen LogP contribution in [0, 0.1) is 0 Å². The first-order chi connectivity index (χ1) is 8.16. The van der Waals surface area contributed by atoms with E-state index in [0.29, 0.717) is 11.6 Å². The fourth-order valence-corrected chi connectivity index (χ4v) is 2.56. The molecule has 1 fully saturated rings. The SMILES string of the molecule is CCC1CN(CCCCOC)C(C)(CC)CN1. The van der Waals surface area contributed by atoms with Gasteiger partial charge in [0.25, 0.3) is 0 Å². The lowest BCUT2D eigenvalue weighted by Crippen LogP contribution is -2.63. The lowest BCUT2D eigenvalue weighted by Gasteiger charge is -2.48. The fraction of sp³-hybridized carbons (Fsp3) is 1.00. The van der Waals surface area contributed by atoms with Gasteiger partial charge in [0.15, 0.2) is 0 Å². The molecule has 1 rings (SSSR count). The van der Waals surface area contributed by atoms with Crippen LogP contribution in [0.3, 0.4) is 0 Å². The van der Waals surface area contributed by atoms with Gasteiger partial charge in [-0.25, -0.2) is 0 Å². The third-order valence-electron chi connectivity index (χ3n) is 4.26. The molecule has 1 heterocycles. The Balaban J connectivity index is 2.43. The van der Waals surface area contributed by atoms with Gasteiger partial charge in [-0.05, 0) is 39.2 Å². The molecule has 0 aromatic rings. The van der Waals surface area contributed by atoms with Crippen LogP contribution in [0.4, 0.5) is 0 Å². The van der Waals surface area contributed by atoms with Crippen LogP contribution in [0.2, 0.25) is 0 Å². The van der Waals surface area contributed by atoms with Crippen LogP contribution in [-0.2, 0) is 4.74 Å². The Labute approximate surface area is 107 Å². The van der Waals surface area contributed by atoms with Crippen LogP contribution in [-0.4, -0.2) is 49.8 Å². The molecule has 0 spiro atoms. The zero-order chi connectivity index (χ0) is 12.7. The molecular formula is C14H30N2O. The minimum absolute atomic E-state index is 0.346. The standard InChI is InChI=1S/C14H30N2O/c1-5-13-11-16(9-7-8-10-17-4)14(3,6-2)12-15-13/h13,15H,5-12H2,1-4H3. The van der Waals surface area contributed by atoms with Crippen molar-refractivity contribution in [2.45, 2.75) is 58.0 Å². The summed E-state index contributed by atoms with van der Waals surface area (Å²) in [5, 5.41) is 3.68. The molecule has 17 heavy (non-hydrogen) atoms. The van der Waals surface area contributed by atoms with Crippen molar-refractivity contribution in [2.75, 3.05) is 33.4 Å². The predicted molar refractivity (Wildman–Crippen MR) is 73.5 cm³/mol. The van der Waals surface area contributed by atoms with E-state index in [1.54, 1.807) is 7.11 Å². The van der Waals surface area contributed by atoms with Crippen LogP contribution >= 0.6 is 0 Å². The molecule has 102 valence electrons. The van der Waals surface area contributed by atoms with E-state index < -0.39 is 0 Å². The normalized spacial score (nSPS) is 30.7. The molecule has 0 radical (unpaired) electrons. The van der Waals surface area contributed by atoms with Gasteiger partial charge in [-0.2, -0.15) is 0 Å². The maximum absolute atomic E-state index is 5.12. The fourth-order valence-electron chi connectivity index (χ4n) is 2.56. The molecule has 0 saturated carbocycles. The summed E-state index contributed by atoms with van der Waals surface area (Å²) >= 11 is 0. The molecule has 1 aliphatic rings. The molecule has 1 aliphatic heterocycles. The van der Waals surface area contributed by atoms with Crippen molar-refractivity contribution in [3.8, 4) is 0 Å². The second-order valence-electron chi connectivity index (χ2n) is 5.48. The van der Waals surface area contributed by atoms with Gasteiger partial charge in [-0.3, -0.25) is 4.90 Å². The molecule has 3 heteroatoms. The van der Waals surface area contributed by atoms with E-state index in [4.69, 9.17) is 4.74 Å². The zero-order valence-corrected chi connectivity index (χ0v) is 12.1. The smallest absolute Gasteiger partial charge is 0.0462 e. The second-order valence-corrected chi connectivity index (χ2v) is 5.48. The van der Waals surface area contributed by atoms with E-state index in [9.17, 15) is 0 Å². The number of rotatable bonds is 7. The highest BCUT2D eigenvalue weighted by Gasteiger charge is 2.35. The number of hydrogen-bond donors (Lipinski definition) is 1. The Kier molecular flexibility index (Phi) is 6.45.